The van der Waals surface area contributed by atoms with E-state index in [0.29, 0.717) is 0 Å². The van der Waals surface area contributed by atoms with Crippen molar-refractivity contribution in [1.29, 1.82) is 0 Å². The Hall–Kier alpha value is -4.05. The van der Waals surface area contributed by atoms with Gasteiger partial charge in [0.25, 0.3) is 0 Å². The molecule has 0 spiro atoms. The van der Waals surface area contributed by atoms with Gasteiger partial charge in [0.05, 0.1) is 16.9 Å². The smallest absolute Gasteiger partial charge is 0.148 e. The first kappa shape index (κ1) is 15.7. The van der Waals surface area contributed by atoms with Crippen LogP contribution in [0.5, 0.6) is 0 Å². The molecule has 0 atom stereocenters. The molecule has 31 heavy (non-hydrogen) atoms. The van der Waals surface area contributed by atoms with E-state index >= 15 is 0 Å². The number of pyridine rings is 3. The van der Waals surface area contributed by atoms with Gasteiger partial charge in [0.2, 0.25) is 0 Å². The van der Waals surface area contributed by atoms with Gasteiger partial charge in [0, 0.05) is 35.2 Å². The third-order valence-corrected chi connectivity index (χ3v) is 6.91. The van der Waals surface area contributed by atoms with E-state index in [2.05, 4.69) is 57.9 Å². The second kappa shape index (κ2) is 5.35. The van der Waals surface area contributed by atoms with Crippen LogP contribution in [0.1, 0.15) is 22.4 Å². The molecule has 0 bridgehead atoms. The van der Waals surface area contributed by atoms with Crippen molar-refractivity contribution in [3.8, 4) is 22.4 Å². The van der Waals surface area contributed by atoms with Crippen molar-refractivity contribution >= 4 is 27.6 Å². The van der Waals surface area contributed by atoms with Crippen molar-refractivity contribution in [3.63, 3.8) is 0 Å². The van der Waals surface area contributed by atoms with E-state index in [0.717, 1.165) is 46.1 Å². The summed E-state index contributed by atoms with van der Waals surface area (Å²) in [7, 11) is 0. The third kappa shape index (κ3) is 1.88. The molecule has 0 N–H and O–H groups in total. The molecular formula is C27H16N4. The summed E-state index contributed by atoms with van der Waals surface area (Å²) in [5.41, 5.74) is 13.4. The van der Waals surface area contributed by atoms with Crippen LogP contribution in [-0.2, 0) is 12.8 Å². The standard InChI is InChI=1S/C27H16N4/c1-2-6-18-15(5-1)11-16-13-22-17(12-21(16)18)14-23-25(22)30-27-20-8-3-9-28-24(20)19-7-4-10-29-26(19)31(23)27/h1-10,12-13H,11,14H2. The molecule has 8 rings (SSSR count). The summed E-state index contributed by atoms with van der Waals surface area (Å²) in [5, 5.41) is 2.14. The van der Waals surface area contributed by atoms with Crippen LogP contribution in [0, 0.1) is 0 Å². The Bertz CT molecular complexity index is 1740. The molecule has 144 valence electrons. The van der Waals surface area contributed by atoms with E-state index in [9.17, 15) is 0 Å². The van der Waals surface area contributed by atoms with Crippen molar-refractivity contribution in [1.82, 2.24) is 19.4 Å². The number of nitrogens with zero attached hydrogens (tertiary/aromatic N) is 4. The maximum atomic E-state index is 5.17. The second-order valence-corrected chi connectivity index (χ2v) is 8.52. The number of rotatable bonds is 0. The SMILES string of the molecule is c1ccc2c(c1)Cc1cc3c(cc1-2)Cc1c-3nc2c3cccnc3c3cccnc3n12. The maximum Gasteiger partial charge on any atom is 0.148 e. The van der Waals surface area contributed by atoms with Crippen LogP contribution in [0.25, 0.3) is 50.0 Å². The van der Waals surface area contributed by atoms with Crippen molar-refractivity contribution in [2.45, 2.75) is 12.8 Å². The minimum absolute atomic E-state index is 0.874. The van der Waals surface area contributed by atoms with E-state index in [1.54, 1.807) is 0 Å². The van der Waals surface area contributed by atoms with Crippen molar-refractivity contribution in [2.75, 3.05) is 0 Å². The highest BCUT2D eigenvalue weighted by molar-refractivity contribution is 6.09. The first-order valence-corrected chi connectivity index (χ1v) is 10.6. The normalized spacial score (nSPS) is 13.5. The van der Waals surface area contributed by atoms with Crippen LogP contribution in [0.4, 0.5) is 0 Å². The zero-order chi connectivity index (χ0) is 20.1. The van der Waals surface area contributed by atoms with Gasteiger partial charge in [-0.15, -0.1) is 0 Å². The second-order valence-electron chi connectivity index (χ2n) is 8.52. The topological polar surface area (TPSA) is 43.1 Å². The van der Waals surface area contributed by atoms with Crippen molar-refractivity contribution in [3.05, 3.63) is 95.4 Å². The fourth-order valence-electron chi connectivity index (χ4n) is 5.58. The van der Waals surface area contributed by atoms with Gasteiger partial charge in [0.15, 0.2) is 0 Å². The van der Waals surface area contributed by atoms with Gasteiger partial charge in [-0.1, -0.05) is 24.3 Å². The summed E-state index contributed by atoms with van der Waals surface area (Å²) in [6, 6.07) is 21.7. The Balaban J connectivity index is 1.46. The number of hydrogen-bond donors (Lipinski definition) is 0. The lowest BCUT2D eigenvalue weighted by Gasteiger charge is -2.09. The summed E-state index contributed by atoms with van der Waals surface area (Å²) in [6.45, 7) is 0. The molecule has 2 aliphatic carbocycles. The zero-order valence-electron chi connectivity index (χ0n) is 16.6. The van der Waals surface area contributed by atoms with Crippen LogP contribution >= 0.6 is 0 Å². The Kier molecular flexibility index (Phi) is 2.72. The number of benzene rings is 2. The van der Waals surface area contributed by atoms with Gasteiger partial charge >= 0.3 is 0 Å². The summed E-state index contributed by atoms with van der Waals surface area (Å²) in [5.74, 6) is 0. The molecule has 4 nitrogen and oxygen atoms in total. The minimum Gasteiger partial charge on any atom is -0.279 e. The van der Waals surface area contributed by atoms with E-state index in [1.165, 1.54) is 39.1 Å². The van der Waals surface area contributed by atoms with Gasteiger partial charge in [-0.3, -0.25) is 9.38 Å². The molecule has 0 amide bonds. The van der Waals surface area contributed by atoms with Crippen LogP contribution in [0.3, 0.4) is 0 Å². The van der Waals surface area contributed by atoms with Gasteiger partial charge in [-0.05, 0) is 70.6 Å². The predicted molar refractivity (Wildman–Crippen MR) is 122 cm³/mol. The van der Waals surface area contributed by atoms with Gasteiger partial charge in [-0.2, -0.15) is 0 Å². The van der Waals surface area contributed by atoms with E-state index < -0.39 is 0 Å². The molecule has 2 aromatic carbocycles. The highest BCUT2D eigenvalue weighted by Crippen LogP contribution is 2.45. The van der Waals surface area contributed by atoms with E-state index in [1.807, 2.05) is 24.5 Å². The average molecular weight is 396 g/mol. The molecule has 0 aliphatic heterocycles. The zero-order valence-corrected chi connectivity index (χ0v) is 16.6. The Morgan fingerprint density at radius 2 is 1.42 bits per heavy atom. The van der Waals surface area contributed by atoms with Crippen LogP contribution < -0.4 is 0 Å². The third-order valence-electron chi connectivity index (χ3n) is 6.91. The number of aromatic nitrogens is 4. The lowest BCUT2D eigenvalue weighted by atomic mass is 9.99. The van der Waals surface area contributed by atoms with Crippen LogP contribution in [0.2, 0.25) is 0 Å². The van der Waals surface area contributed by atoms with Crippen molar-refractivity contribution in [2.24, 2.45) is 0 Å². The minimum atomic E-state index is 0.874. The molecule has 4 heterocycles. The Morgan fingerprint density at radius 1 is 0.645 bits per heavy atom. The predicted octanol–water partition coefficient (Wildman–Crippen LogP) is 5.57. The molecule has 2 aliphatic rings. The van der Waals surface area contributed by atoms with Crippen LogP contribution in [0.15, 0.2) is 73.1 Å². The summed E-state index contributed by atoms with van der Waals surface area (Å²) < 4.78 is 2.26. The molecule has 0 unspecified atom stereocenters. The molecule has 4 heteroatoms. The lowest BCUT2D eigenvalue weighted by Crippen LogP contribution is -1.98. The average Bonchev–Trinajstić information content (AvgIpc) is 3.47. The molecule has 0 saturated heterocycles. The lowest BCUT2D eigenvalue weighted by molar-refractivity contribution is 1.07. The van der Waals surface area contributed by atoms with E-state index in [-0.39, 0.29) is 0 Å². The molecule has 4 aromatic heterocycles. The number of imidazole rings is 1. The fraction of sp³-hybridized carbons (Fsp3) is 0.0741. The monoisotopic (exact) mass is 396 g/mol. The van der Waals surface area contributed by atoms with Gasteiger partial charge < -0.3 is 0 Å². The highest BCUT2D eigenvalue weighted by atomic mass is 15.1. The quantitative estimate of drug-likeness (QED) is 0.315. The number of hydrogen-bond acceptors (Lipinski definition) is 3. The van der Waals surface area contributed by atoms with Crippen LogP contribution in [-0.4, -0.2) is 19.4 Å². The molecule has 0 fully saturated rings. The largest absolute Gasteiger partial charge is 0.279 e. The summed E-state index contributed by atoms with van der Waals surface area (Å²) >= 11 is 0. The number of fused-ring (bicyclic) bond motifs is 13. The molecule has 6 aromatic rings. The fourth-order valence-corrected chi connectivity index (χ4v) is 5.58. The first-order chi connectivity index (χ1) is 15.4. The van der Waals surface area contributed by atoms with Gasteiger partial charge in [-0.25, -0.2) is 9.97 Å². The van der Waals surface area contributed by atoms with Crippen molar-refractivity contribution < 1.29 is 0 Å². The van der Waals surface area contributed by atoms with E-state index in [4.69, 9.17) is 9.97 Å². The maximum absolute atomic E-state index is 5.17. The Labute approximate surface area is 177 Å². The Morgan fingerprint density at radius 3 is 2.35 bits per heavy atom. The summed E-state index contributed by atoms with van der Waals surface area (Å²) in [6.07, 6.45) is 5.58. The summed E-state index contributed by atoms with van der Waals surface area (Å²) in [4.78, 5) is 14.6. The molecule has 0 radical (unpaired) electrons. The first-order valence-electron chi connectivity index (χ1n) is 10.6. The molecular weight excluding hydrogens is 380 g/mol. The molecule has 0 saturated carbocycles. The highest BCUT2D eigenvalue weighted by Gasteiger charge is 2.30. The van der Waals surface area contributed by atoms with Gasteiger partial charge in [0.1, 0.15) is 11.3 Å².